The Labute approximate surface area is 130 Å². The summed E-state index contributed by atoms with van der Waals surface area (Å²) in [5.74, 6) is 1.48. The van der Waals surface area contributed by atoms with E-state index in [0.29, 0.717) is 0 Å². The monoisotopic (exact) mass is 300 g/mol. The average molecular weight is 300 g/mol. The Morgan fingerprint density at radius 3 is 1.41 bits per heavy atom. The van der Waals surface area contributed by atoms with E-state index in [-0.39, 0.29) is 0 Å². The van der Waals surface area contributed by atoms with Gasteiger partial charge in [0.25, 0.3) is 0 Å². The first-order chi connectivity index (χ1) is 10.7. The normalized spacial score (nSPS) is 10.5. The molecule has 0 radical (unpaired) electrons. The van der Waals surface area contributed by atoms with E-state index in [1.54, 1.807) is 24.2 Å². The number of ether oxygens (including phenoxy) is 2. The highest BCUT2D eigenvalue weighted by Gasteiger charge is 2.08. The molecule has 6 nitrogen and oxygen atoms in total. The summed E-state index contributed by atoms with van der Waals surface area (Å²) in [5.41, 5.74) is 1.67. The van der Waals surface area contributed by atoms with E-state index in [0.717, 1.165) is 22.9 Å². The Kier molecular flexibility index (Phi) is 5.19. The van der Waals surface area contributed by atoms with Crippen molar-refractivity contribution in [1.29, 1.82) is 0 Å². The molecule has 0 aliphatic rings. The summed E-state index contributed by atoms with van der Waals surface area (Å²) in [6.45, 7) is 0. The Hall–Kier alpha value is -2.76. The van der Waals surface area contributed by atoms with E-state index in [4.69, 9.17) is 9.47 Å². The maximum absolute atomic E-state index is 5.32. The van der Waals surface area contributed by atoms with Gasteiger partial charge in [-0.1, -0.05) is 24.3 Å². The van der Waals surface area contributed by atoms with E-state index in [1.165, 1.54) is 0 Å². The fourth-order valence-corrected chi connectivity index (χ4v) is 2.01. The van der Waals surface area contributed by atoms with Gasteiger partial charge in [-0.2, -0.15) is 0 Å². The molecular weight excluding hydrogens is 280 g/mol. The molecule has 0 amide bonds. The van der Waals surface area contributed by atoms with Gasteiger partial charge in [-0.05, 0) is 34.7 Å². The molecule has 0 atom stereocenters. The molecule has 22 heavy (non-hydrogen) atoms. The van der Waals surface area contributed by atoms with Crippen LogP contribution in [0.1, 0.15) is 0 Å². The first-order valence-corrected chi connectivity index (χ1v) is 6.82. The van der Waals surface area contributed by atoms with Crippen molar-refractivity contribution >= 4 is 11.4 Å². The van der Waals surface area contributed by atoms with Crippen LogP contribution in [0.3, 0.4) is 0 Å². The molecule has 0 N–H and O–H groups in total. The topological polar surface area (TPSA) is 49.7 Å². The maximum atomic E-state index is 5.32. The summed E-state index contributed by atoms with van der Waals surface area (Å²) in [7, 11) is 6.89. The molecule has 0 heterocycles. The van der Waals surface area contributed by atoms with Gasteiger partial charge in [-0.15, -0.1) is 0 Å². The zero-order chi connectivity index (χ0) is 15.9. The Bertz CT molecular complexity index is 590. The predicted octanol–water partition coefficient (Wildman–Crippen LogP) is 3.56. The highest BCUT2D eigenvalue weighted by Crippen LogP contribution is 2.29. The van der Waals surface area contributed by atoms with E-state index in [9.17, 15) is 0 Å². The standard InChI is InChI=1S/C16H20N4O2/c1-19(13-9-5-7-11-15(13)21-3)17-18-20(2)14-10-6-8-12-16(14)22-4/h5-12H,1-4H3. The number of methoxy groups -OCH3 is 2. The number of anilines is 2. The molecule has 2 aromatic carbocycles. The molecule has 0 unspecified atom stereocenters. The van der Waals surface area contributed by atoms with Crippen molar-refractivity contribution in [3.63, 3.8) is 0 Å². The highest BCUT2D eigenvalue weighted by atomic mass is 16.5. The van der Waals surface area contributed by atoms with Gasteiger partial charge in [-0.3, -0.25) is 0 Å². The molecule has 0 bridgehead atoms. The van der Waals surface area contributed by atoms with Gasteiger partial charge >= 0.3 is 0 Å². The number of hydrogen-bond acceptors (Lipinski definition) is 4. The van der Waals surface area contributed by atoms with E-state index in [2.05, 4.69) is 10.4 Å². The molecule has 0 aromatic heterocycles. The molecule has 0 spiro atoms. The molecule has 0 saturated heterocycles. The van der Waals surface area contributed by atoms with E-state index in [1.807, 2.05) is 62.6 Å². The summed E-state index contributed by atoms with van der Waals surface area (Å²) in [6.07, 6.45) is 0. The molecule has 0 saturated carbocycles. The van der Waals surface area contributed by atoms with Crippen LogP contribution < -0.4 is 19.5 Å². The van der Waals surface area contributed by atoms with Crippen molar-refractivity contribution in [2.24, 2.45) is 10.4 Å². The number of rotatable bonds is 6. The Morgan fingerprint density at radius 1 is 0.682 bits per heavy atom. The van der Waals surface area contributed by atoms with Gasteiger partial charge in [0.15, 0.2) is 0 Å². The van der Waals surface area contributed by atoms with Gasteiger partial charge in [0, 0.05) is 14.1 Å². The van der Waals surface area contributed by atoms with Crippen LogP contribution in [0.4, 0.5) is 11.4 Å². The minimum Gasteiger partial charge on any atom is -0.495 e. The van der Waals surface area contributed by atoms with Crippen LogP contribution in [0.5, 0.6) is 11.5 Å². The summed E-state index contributed by atoms with van der Waals surface area (Å²) in [5, 5.41) is 11.7. The molecule has 0 aliphatic heterocycles. The molecule has 116 valence electrons. The van der Waals surface area contributed by atoms with Gasteiger partial charge in [-0.25, -0.2) is 10.0 Å². The third-order valence-electron chi connectivity index (χ3n) is 3.18. The molecule has 0 fully saturated rings. The summed E-state index contributed by atoms with van der Waals surface area (Å²) >= 11 is 0. The van der Waals surface area contributed by atoms with Crippen molar-refractivity contribution in [2.45, 2.75) is 0 Å². The minimum absolute atomic E-state index is 0.740. The molecule has 6 heteroatoms. The van der Waals surface area contributed by atoms with Crippen molar-refractivity contribution in [2.75, 3.05) is 38.3 Å². The largest absolute Gasteiger partial charge is 0.495 e. The average Bonchev–Trinajstić information content (AvgIpc) is 2.59. The van der Waals surface area contributed by atoms with Crippen molar-refractivity contribution in [1.82, 2.24) is 0 Å². The lowest BCUT2D eigenvalue weighted by atomic mass is 10.3. The van der Waals surface area contributed by atoms with Crippen LogP contribution in [-0.4, -0.2) is 28.3 Å². The summed E-state index contributed by atoms with van der Waals surface area (Å²) < 4.78 is 10.6. The van der Waals surface area contributed by atoms with Crippen LogP contribution in [0.25, 0.3) is 0 Å². The fourth-order valence-electron chi connectivity index (χ4n) is 2.01. The highest BCUT2D eigenvalue weighted by molar-refractivity contribution is 5.58. The summed E-state index contributed by atoms with van der Waals surface area (Å²) in [4.78, 5) is 0. The van der Waals surface area contributed by atoms with Gasteiger partial charge < -0.3 is 9.47 Å². The second kappa shape index (κ2) is 7.31. The number of para-hydroxylation sites is 4. The van der Waals surface area contributed by atoms with Gasteiger partial charge in [0.2, 0.25) is 0 Å². The maximum Gasteiger partial charge on any atom is 0.144 e. The lowest BCUT2D eigenvalue weighted by molar-refractivity contribution is 0.414. The summed E-state index contributed by atoms with van der Waals surface area (Å²) in [6, 6.07) is 15.3. The first-order valence-electron chi connectivity index (χ1n) is 6.82. The van der Waals surface area contributed by atoms with Crippen molar-refractivity contribution in [3.8, 4) is 11.5 Å². The van der Waals surface area contributed by atoms with E-state index < -0.39 is 0 Å². The number of benzene rings is 2. The van der Waals surface area contributed by atoms with Crippen LogP contribution in [0.2, 0.25) is 0 Å². The second-order valence-corrected chi connectivity index (χ2v) is 4.57. The fraction of sp³-hybridized carbons (Fsp3) is 0.250. The lowest BCUT2D eigenvalue weighted by Gasteiger charge is -2.18. The van der Waals surface area contributed by atoms with Crippen LogP contribution >= 0.6 is 0 Å². The zero-order valence-corrected chi connectivity index (χ0v) is 13.2. The molecular formula is C16H20N4O2. The van der Waals surface area contributed by atoms with Crippen molar-refractivity contribution in [3.05, 3.63) is 48.5 Å². The predicted molar refractivity (Wildman–Crippen MR) is 87.7 cm³/mol. The third-order valence-corrected chi connectivity index (χ3v) is 3.18. The van der Waals surface area contributed by atoms with Crippen LogP contribution in [0, 0.1) is 0 Å². The quantitative estimate of drug-likeness (QED) is 0.604. The first kappa shape index (κ1) is 15.6. The second-order valence-electron chi connectivity index (χ2n) is 4.57. The smallest absolute Gasteiger partial charge is 0.144 e. The van der Waals surface area contributed by atoms with Gasteiger partial charge in [0.1, 0.15) is 22.9 Å². The van der Waals surface area contributed by atoms with Crippen LogP contribution in [-0.2, 0) is 0 Å². The Morgan fingerprint density at radius 2 is 1.05 bits per heavy atom. The number of hydrogen-bond donors (Lipinski definition) is 0. The minimum atomic E-state index is 0.740. The molecule has 0 aliphatic carbocycles. The van der Waals surface area contributed by atoms with Crippen LogP contribution in [0.15, 0.2) is 59.0 Å². The lowest BCUT2D eigenvalue weighted by Crippen LogP contribution is -2.14. The molecule has 2 aromatic rings. The van der Waals surface area contributed by atoms with Crippen molar-refractivity contribution < 1.29 is 9.47 Å². The van der Waals surface area contributed by atoms with Gasteiger partial charge in [0.05, 0.1) is 14.2 Å². The number of nitrogens with zero attached hydrogens (tertiary/aromatic N) is 4. The zero-order valence-electron chi connectivity index (χ0n) is 13.2. The molecule has 2 rings (SSSR count). The Balaban J connectivity index is 2.17. The third kappa shape index (κ3) is 3.46. The van der Waals surface area contributed by atoms with E-state index >= 15 is 0 Å². The SMILES string of the molecule is COc1ccccc1N(C)N=NN(C)c1ccccc1OC.